The molecule has 3 nitrogen and oxygen atoms in total. The van der Waals surface area contributed by atoms with Gasteiger partial charge in [0, 0.05) is 47.6 Å². The fourth-order valence-corrected chi connectivity index (χ4v) is 5.62. The molecule has 1 saturated carbocycles. The van der Waals surface area contributed by atoms with E-state index in [1.807, 2.05) is 6.92 Å². The second-order valence-electron chi connectivity index (χ2n) is 7.65. The first-order chi connectivity index (χ1) is 10.7. The van der Waals surface area contributed by atoms with Crippen molar-refractivity contribution in [2.24, 2.45) is 11.8 Å². The molecular formula is C19H24N2O. The molecule has 2 aromatic rings. The van der Waals surface area contributed by atoms with Crippen molar-refractivity contribution >= 4 is 10.9 Å². The molecule has 1 unspecified atom stereocenters. The summed E-state index contributed by atoms with van der Waals surface area (Å²) in [7, 11) is 0. The lowest BCUT2D eigenvalue weighted by Crippen LogP contribution is -2.58. The van der Waals surface area contributed by atoms with Crippen molar-refractivity contribution in [1.29, 1.82) is 0 Å². The van der Waals surface area contributed by atoms with Gasteiger partial charge in [0.15, 0.2) is 0 Å². The summed E-state index contributed by atoms with van der Waals surface area (Å²) < 4.78 is 0. The molecule has 3 fully saturated rings. The van der Waals surface area contributed by atoms with E-state index in [9.17, 15) is 5.11 Å². The van der Waals surface area contributed by atoms with Gasteiger partial charge in [-0.3, -0.25) is 4.90 Å². The molecule has 4 bridgehead atoms. The number of para-hydroxylation sites is 1. The number of nitrogens with one attached hydrogen (secondary N) is 1. The predicted octanol–water partition coefficient (Wildman–Crippen LogP) is 2.90. The molecule has 6 rings (SSSR count). The Hall–Kier alpha value is -1.32. The highest BCUT2D eigenvalue weighted by atomic mass is 16.3. The average molecular weight is 296 g/mol. The molecule has 3 aliphatic heterocycles. The van der Waals surface area contributed by atoms with Crippen LogP contribution in [0.15, 0.2) is 24.3 Å². The number of piperidine rings is 2. The Kier molecular flexibility index (Phi) is 2.74. The van der Waals surface area contributed by atoms with E-state index in [0.29, 0.717) is 17.9 Å². The summed E-state index contributed by atoms with van der Waals surface area (Å²) in [6.07, 6.45) is 3.46. The fourth-order valence-electron chi connectivity index (χ4n) is 5.62. The van der Waals surface area contributed by atoms with Gasteiger partial charge in [0.25, 0.3) is 0 Å². The molecular weight excluding hydrogens is 272 g/mol. The van der Waals surface area contributed by atoms with E-state index >= 15 is 0 Å². The number of aromatic nitrogens is 1. The molecule has 116 valence electrons. The van der Waals surface area contributed by atoms with Crippen LogP contribution in [0.4, 0.5) is 0 Å². The summed E-state index contributed by atoms with van der Waals surface area (Å²) in [6.45, 7) is 4.38. The maximum atomic E-state index is 10.3. The molecule has 1 aliphatic carbocycles. The Labute approximate surface area is 131 Å². The van der Waals surface area contributed by atoms with Crippen LogP contribution < -0.4 is 0 Å². The van der Waals surface area contributed by atoms with Gasteiger partial charge >= 0.3 is 0 Å². The fraction of sp³-hybridized carbons (Fsp3) is 0.579. The summed E-state index contributed by atoms with van der Waals surface area (Å²) in [4.78, 5) is 6.43. The quantitative estimate of drug-likeness (QED) is 0.849. The van der Waals surface area contributed by atoms with Crippen molar-refractivity contribution in [3.63, 3.8) is 0 Å². The molecule has 3 heteroatoms. The third-order valence-corrected chi connectivity index (χ3v) is 6.44. The number of nitrogens with zero attached hydrogens (tertiary/aromatic N) is 1. The van der Waals surface area contributed by atoms with E-state index < -0.39 is 0 Å². The van der Waals surface area contributed by atoms with Crippen LogP contribution in [0.2, 0.25) is 0 Å². The maximum Gasteiger partial charge on any atom is 0.0555 e. The van der Waals surface area contributed by atoms with Gasteiger partial charge in [-0.05, 0) is 43.7 Å². The van der Waals surface area contributed by atoms with Gasteiger partial charge in [0.2, 0.25) is 0 Å². The number of hydrogen-bond acceptors (Lipinski definition) is 2. The SMILES string of the molecule is C[C@@H](O)[C@H]1C[C@@H]2C[C@H]3c4[nH]c5ccccc5c4CCN(C2)[C@@H]13. The molecule has 2 saturated heterocycles. The van der Waals surface area contributed by atoms with Crippen LogP contribution >= 0.6 is 0 Å². The minimum atomic E-state index is -0.191. The van der Waals surface area contributed by atoms with Crippen LogP contribution in [0.1, 0.15) is 36.9 Å². The molecule has 1 aromatic carbocycles. The summed E-state index contributed by atoms with van der Waals surface area (Å²) in [6, 6.07) is 9.27. The Morgan fingerprint density at radius 1 is 1.27 bits per heavy atom. The number of aliphatic hydroxyl groups excluding tert-OH is 1. The highest BCUT2D eigenvalue weighted by molar-refractivity contribution is 5.85. The monoisotopic (exact) mass is 296 g/mol. The minimum absolute atomic E-state index is 0.191. The summed E-state index contributed by atoms with van der Waals surface area (Å²) in [5.41, 5.74) is 4.31. The zero-order valence-corrected chi connectivity index (χ0v) is 13.1. The normalized spacial score (nSPS) is 37.8. The van der Waals surface area contributed by atoms with Crippen molar-refractivity contribution in [1.82, 2.24) is 9.88 Å². The Morgan fingerprint density at radius 3 is 3.00 bits per heavy atom. The predicted molar refractivity (Wildman–Crippen MR) is 88.0 cm³/mol. The lowest BCUT2D eigenvalue weighted by Gasteiger charge is -2.54. The topological polar surface area (TPSA) is 39.3 Å². The van der Waals surface area contributed by atoms with Crippen molar-refractivity contribution in [3.05, 3.63) is 35.5 Å². The molecule has 6 atom stereocenters. The summed E-state index contributed by atoms with van der Waals surface area (Å²) in [5, 5.41) is 11.7. The van der Waals surface area contributed by atoms with Crippen LogP contribution in [0.25, 0.3) is 10.9 Å². The van der Waals surface area contributed by atoms with Gasteiger partial charge < -0.3 is 10.1 Å². The summed E-state index contributed by atoms with van der Waals surface area (Å²) >= 11 is 0. The van der Waals surface area contributed by atoms with E-state index in [0.717, 1.165) is 18.9 Å². The van der Waals surface area contributed by atoms with Crippen LogP contribution in [0, 0.1) is 11.8 Å². The third kappa shape index (κ3) is 1.70. The van der Waals surface area contributed by atoms with Gasteiger partial charge in [-0.1, -0.05) is 18.2 Å². The van der Waals surface area contributed by atoms with E-state index in [4.69, 9.17) is 0 Å². The smallest absolute Gasteiger partial charge is 0.0555 e. The van der Waals surface area contributed by atoms with Gasteiger partial charge in [-0.2, -0.15) is 0 Å². The standard InChI is InChI=1S/C19H24N2O/c1-11(22)15-8-12-9-16-18-14(6-7-21(10-12)19(15)16)13-4-2-3-5-17(13)20-18/h2-5,11-12,15-16,19-20,22H,6-10H2,1H3/t11-,12-,15-,16+,19+/m1/s1. The van der Waals surface area contributed by atoms with Crippen LogP contribution in [-0.2, 0) is 6.42 Å². The van der Waals surface area contributed by atoms with Crippen LogP contribution in [0.3, 0.4) is 0 Å². The van der Waals surface area contributed by atoms with Crippen molar-refractivity contribution in [3.8, 4) is 0 Å². The average Bonchev–Trinajstić information content (AvgIpc) is 2.86. The molecule has 22 heavy (non-hydrogen) atoms. The van der Waals surface area contributed by atoms with E-state index in [-0.39, 0.29) is 6.10 Å². The minimum Gasteiger partial charge on any atom is -0.393 e. The molecule has 1 aromatic heterocycles. The van der Waals surface area contributed by atoms with Crippen molar-refractivity contribution in [2.45, 2.75) is 44.2 Å². The van der Waals surface area contributed by atoms with E-state index in [1.165, 1.54) is 36.0 Å². The zero-order valence-electron chi connectivity index (χ0n) is 13.1. The second-order valence-corrected chi connectivity index (χ2v) is 7.65. The first-order valence-corrected chi connectivity index (χ1v) is 8.74. The highest BCUT2D eigenvalue weighted by Gasteiger charge is 2.50. The van der Waals surface area contributed by atoms with Gasteiger partial charge in [0.05, 0.1) is 6.10 Å². The van der Waals surface area contributed by atoms with E-state index in [2.05, 4.69) is 34.1 Å². The van der Waals surface area contributed by atoms with E-state index in [1.54, 1.807) is 5.56 Å². The van der Waals surface area contributed by atoms with Crippen LogP contribution in [0.5, 0.6) is 0 Å². The molecule has 4 aliphatic rings. The Bertz CT molecular complexity index is 719. The number of aromatic amines is 1. The molecule has 4 heterocycles. The Balaban J connectivity index is 1.67. The number of aliphatic hydroxyl groups is 1. The van der Waals surface area contributed by atoms with Crippen molar-refractivity contribution < 1.29 is 5.11 Å². The van der Waals surface area contributed by atoms with Gasteiger partial charge in [0.1, 0.15) is 0 Å². The number of benzene rings is 1. The van der Waals surface area contributed by atoms with Gasteiger partial charge in [-0.15, -0.1) is 0 Å². The maximum absolute atomic E-state index is 10.3. The zero-order chi connectivity index (χ0) is 14.8. The molecule has 2 N–H and O–H groups in total. The molecule has 0 spiro atoms. The summed E-state index contributed by atoms with van der Waals surface area (Å²) in [5.74, 6) is 1.78. The molecule has 0 amide bonds. The molecule has 0 radical (unpaired) electrons. The number of H-pyrrole nitrogens is 1. The number of rotatable bonds is 1. The lowest BCUT2D eigenvalue weighted by atomic mass is 9.64. The second kappa shape index (κ2) is 4.59. The first-order valence-electron chi connectivity index (χ1n) is 8.74. The number of fused-ring (bicyclic) bond motifs is 4. The van der Waals surface area contributed by atoms with Gasteiger partial charge in [-0.25, -0.2) is 0 Å². The first kappa shape index (κ1) is 13.1. The third-order valence-electron chi connectivity index (χ3n) is 6.44. The Morgan fingerprint density at radius 2 is 2.14 bits per heavy atom. The van der Waals surface area contributed by atoms with Crippen LogP contribution in [-0.4, -0.2) is 40.2 Å². The van der Waals surface area contributed by atoms with Crippen molar-refractivity contribution in [2.75, 3.05) is 13.1 Å². The highest BCUT2D eigenvalue weighted by Crippen LogP contribution is 2.50. The largest absolute Gasteiger partial charge is 0.393 e. The number of hydrogen-bond donors (Lipinski definition) is 2. The lowest BCUT2D eigenvalue weighted by molar-refractivity contribution is -0.0580.